The van der Waals surface area contributed by atoms with Crippen molar-refractivity contribution in [2.45, 2.75) is 0 Å². The third-order valence-corrected chi connectivity index (χ3v) is 2.90. The summed E-state index contributed by atoms with van der Waals surface area (Å²) in [5, 5.41) is 10.1. The van der Waals surface area contributed by atoms with Crippen molar-refractivity contribution in [3.8, 4) is 0 Å². The molecule has 0 aliphatic heterocycles. The van der Waals surface area contributed by atoms with Crippen LogP contribution in [0.4, 0.5) is 29.7 Å². The average molecular weight is 334 g/mol. The summed E-state index contributed by atoms with van der Waals surface area (Å²) in [7, 11) is 0. The topological polar surface area (TPSA) is 82.3 Å². The molecular weight excluding hydrogens is 318 g/mol. The second-order valence-corrected chi connectivity index (χ2v) is 4.78. The lowest BCUT2D eigenvalue weighted by molar-refractivity contribution is 0.248. The van der Waals surface area contributed by atoms with Gasteiger partial charge in [0, 0.05) is 24.5 Å². The van der Waals surface area contributed by atoms with Crippen molar-refractivity contribution in [1.82, 2.24) is 10.6 Å². The Balaban J connectivity index is 1.63. The van der Waals surface area contributed by atoms with Crippen LogP contribution in [0.3, 0.4) is 0 Å². The van der Waals surface area contributed by atoms with Crippen molar-refractivity contribution < 1.29 is 18.4 Å². The summed E-state index contributed by atoms with van der Waals surface area (Å²) in [6.07, 6.45) is 0. The van der Waals surface area contributed by atoms with Gasteiger partial charge < -0.3 is 21.3 Å². The van der Waals surface area contributed by atoms with E-state index in [-0.39, 0.29) is 13.1 Å². The molecule has 0 fully saturated rings. The van der Waals surface area contributed by atoms with Crippen LogP contribution in [-0.2, 0) is 0 Å². The van der Waals surface area contributed by atoms with Crippen molar-refractivity contribution in [3.05, 3.63) is 60.2 Å². The molecule has 0 bridgehead atoms. The monoisotopic (exact) mass is 334 g/mol. The highest BCUT2D eigenvalue weighted by molar-refractivity contribution is 5.90. The molecule has 2 rings (SSSR count). The number of carbonyl (C=O) groups is 2. The predicted octanol–water partition coefficient (Wildman–Crippen LogP) is 2.91. The summed E-state index contributed by atoms with van der Waals surface area (Å²) in [4.78, 5) is 23.2. The molecule has 4 N–H and O–H groups in total. The van der Waals surface area contributed by atoms with Crippen molar-refractivity contribution in [1.29, 1.82) is 0 Å². The zero-order valence-corrected chi connectivity index (χ0v) is 12.6. The third kappa shape index (κ3) is 5.91. The summed E-state index contributed by atoms with van der Waals surface area (Å²) in [5.41, 5.74) is 0.909. The minimum Gasteiger partial charge on any atom is -0.336 e. The Morgan fingerprint density at radius 1 is 0.667 bits per heavy atom. The van der Waals surface area contributed by atoms with Gasteiger partial charge in [0.15, 0.2) is 0 Å². The fourth-order valence-corrected chi connectivity index (χ4v) is 1.77. The number of rotatable bonds is 5. The molecule has 0 saturated carbocycles. The van der Waals surface area contributed by atoms with Gasteiger partial charge in [0.1, 0.15) is 11.6 Å². The van der Waals surface area contributed by atoms with Gasteiger partial charge in [0.2, 0.25) is 0 Å². The van der Waals surface area contributed by atoms with E-state index in [1.54, 1.807) is 0 Å². The fourth-order valence-electron chi connectivity index (χ4n) is 1.77. The quantitative estimate of drug-likeness (QED) is 0.634. The summed E-state index contributed by atoms with van der Waals surface area (Å²) in [6, 6.07) is 9.73. The molecule has 0 aromatic heterocycles. The van der Waals surface area contributed by atoms with Gasteiger partial charge in [0.05, 0.1) is 0 Å². The fraction of sp³-hybridized carbons (Fsp3) is 0.125. The lowest BCUT2D eigenvalue weighted by atomic mass is 10.3. The van der Waals surface area contributed by atoms with Crippen LogP contribution in [0.2, 0.25) is 0 Å². The Morgan fingerprint density at radius 3 is 1.33 bits per heavy atom. The molecule has 0 spiro atoms. The zero-order valence-electron chi connectivity index (χ0n) is 12.6. The Bertz CT molecular complexity index is 629. The molecule has 24 heavy (non-hydrogen) atoms. The van der Waals surface area contributed by atoms with Gasteiger partial charge in [-0.2, -0.15) is 0 Å². The van der Waals surface area contributed by atoms with Gasteiger partial charge in [-0.1, -0.05) is 0 Å². The summed E-state index contributed by atoms with van der Waals surface area (Å²) >= 11 is 0. The van der Waals surface area contributed by atoms with E-state index in [1.807, 2.05) is 0 Å². The maximum absolute atomic E-state index is 12.7. The number of hydrogen-bond donors (Lipinski definition) is 4. The molecule has 0 heterocycles. The Labute approximate surface area is 137 Å². The normalized spacial score (nSPS) is 9.92. The smallest absolute Gasteiger partial charge is 0.319 e. The Kier molecular flexibility index (Phi) is 6.07. The molecule has 0 unspecified atom stereocenters. The van der Waals surface area contributed by atoms with E-state index in [1.165, 1.54) is 48.5 Å². The number of hydrogen-bond acceptors (Lipinski definition) is 2. The van der Waals surface area contributed by atoms with Crippen LogP contribution in [0.25, 0.3) is 0 Å². The highest BCUT2D eigenvalue weighted by atomic mass is 19.1. The van der Waals surface area contributed by atoms with E-state index in [0.717, 1.165) is 0 Å². The third-order valence-electron chi connectivity index (χ3n) is 2.90. The molecule has 6 nitrogen and oxygen atoms in total. The molecule has 8 heteroatoms. The largest absolute Gasteiger partial charge is 0.336 e. The Morgan fingerprint density at radius 2 is 1.00 bits per heavy atom. The first-order chi connectivity index (χ1) is 11.5. The van der Waals surface area contributed by atoms with Gasteiger partial charge in [-0.05, 0) is 48.5 Å². The summed E-state index contributed by atoms with van der Waals surface area (Å²) in [6.45, 7) is 0.397. The minimum atomic E-state index is -0.470. The van der Waals surface area contributed by atoms with E-state index >= 15 is 0 Å². The molecule has 0 atom stereocenters. The van der Waals surface area contributed by atoms with E-state index in [9.17, 15) is 18.4 Å². The SMILES string of the molecule is O=C(NCCNC(=O)Nc1ccc(F)cc1)Nc1ccc(F)cc1. The maximum Gasteiger partial charge on any atom is 0.319 e. The second-order valence-electron chi connectivity index (χ2n) is 4.78. The highest BCUT2D eigenvalue weighted by Crippen LogP contribution is 2.08. The van der Waals surface area contributed by atoms with Crippen LogP contribution < -0.4 is 21.3 Å². The number of benzene rings is 2. The van der Waals surface area contributed by atoms with Crippen LogP contribution in [-0.4, -0.2) is 25.2 Å². The van der Waals surface area contributed by atoms with Gasteiger partial charge in [-0.15, -0.1) is 0 Å². The molecular formula is C16H16F2N4O2. The molecule has 0 aliphatic rings. The van der Waals surface area contributed by atoms with Crippen molar-refractivity contribution in [3.63, 3.8) is 0 Å². The molecule has 0 saturated heterocycles. The van der Waals surface area contributed by atoms with Crippen molar-refractivity contribution in [2.75, 3.05) is 23.7 Å². The minimum absolute atomic E-state index is 0.198. The van der Waals surface area contributed by atoms with Crippen molar-refractivity contribution in [2.24, 2.45) is 0 Å². The van der Waals surface area contributed by atoms with E-state index in [2.05, 4.69) is 21.3 Å². The molecule has 0 aliphatic carbocycles. The standard InChI is InChI=1S/C16H16F2N4O2/c17-11-1-5-13(6-2-11)21-15(23)19-9-10-20-16(24)22-14-7-3-12(18)4-8-14/h1-8H,9-10H2,(H2,19,21,23)(H2,20,22,24). The first-order valence-corrected chi connectivity index (χ1v) is 7.14. The molecule has 2 aromatic rings. The van der Waals surface area contributed by atoms with E-state index in [4.69, 9.17) is 0 Å². The number of anilines is 2. The van der Waals surface area contributed by atoms with E-state index in [0.29, 0.717) is 11.4 Å². The zero-order chi connectivity index (χ0) is 17.4. The number of carbonyl (C=O) groups excluding carboxylic acids is 2. The number of amides is 4. The van der Waals surface area contributed by atoms with Gasteiger partial charge in [-0.3, -0.25) is 0 Å². The highest BCUT2D eigenvalue weighted by Gasteiger charge is 2.03. The van der Waals surface area contributed by atoms with Crippen LogP contribution in [0.5, 0.6) is 0 Å². The second kappa shape index (κ2) is 8.47. The number of urea groups is 2. The van der Waals surface area contributed by atoms with Crippen LogP contribution in [0, 0.1) is 11.6 Å². The van der Waals surface area contributed by atoms with Gasteiger partial charge in [0.25, 0.3) is 0 Å². The van der Waals surface area contributed by atoms with Crippen LogP contribution >= 0.6 is 0 Å². The summed E-state index contributed by atoms with van der Waals surface area (Å²) in [5.74, 6) is -0.783. The van der Waals surface area contributed by atoms with Gasteiger partial charge in [-0.25, -0.2) is 18.4 Å². The molecule has 4 amide bonds. The predicted molar refractivity (Wildman–Crippen MR) is 86.8 cm³/mol. The average Bonchev–Trinajstić information content (AvgIpc) is 2.56. The van der Waals surface area contributed by atoms with Crippen molar-refractivity contribution >= 4 is 23.4 Å². The first kappa shape index (κ1) is 17.2. The molecule has 2 aromatic carbocycles. The van der Waals surface area contributed by atoms with Gasteiger partial charge >= 0.3 is 12.1 Å². The molecule has 126 valence electrons. The number of halogens is 2. The summed E-state index contributed by atoms with van der Waals surface area (Å²) < 4.78 is 25.5. The lowest BCUT2D eigenvalue weighted by Crippen LogP contribution is -2.38. The first-order valence-electron chi connectivity index (χ1n) is 7.14. The maximum atomic E-state index is 12.7. The molecule has 0 radical (unpaired) electrons. The van der Waals surface area contributed by atoms with E-state index < -0.39 is 23.7 Å². The van der Waals surface area contributed by atoms with Crippen LogP contribution in [0.15, 0.2) is 48.5 Å². The number of nitrogens with one attached hydrogen (secondary N) is 4. The van der Waals surface area contributed by atoms with Crippen LogP contribution in [0.1, 0.15) is 0 Å². The lowest BCUT2D eigenvalue weighted by Gasteiger charge is -2.09. The Hall–Kier alpha value is -3.16.